The molecule has 2 fully saturated rings. The van der Waals surface area contributed by atoms with Crippen LogP contribution < -0.4 is 15.8 Å². The third-order valence-corrected chi connectivity index (χ3v) is 7.11. The molecule has 3 aliphatic heterocycles. The zero-order chi connectivity index (χ0) is 23.8. The molecule has 1 saturated heterocycles. The molecule has 0 spiro atoms. The molecule has 6 rings (SSSR count). The van der Waals surface area contributed by atoms with Gasteiger partial charge in [-0.05, 0) is 68.0 Å². The van der Waals surface area contributed by atoms with Gasteiger partial charge in [0.1, 0.15) is 29.2 Å². The van der Waals surface area contributed by atoms with Crippen LogP contribution in [0.25, 0.3) is 0 Å². The van der Waals surface area contributed by atoms with Crippen LogP contribution >= 0.6 is 0 Å². The van der Waals surface area contributed by atoms with Gasteiger partial charge in [0, 0.05) is 25.1 Å². The minimum Gasteiger partial charge on any atom is -0.457 e. The second-order valence-electron chi connectivity index (χ2n) is 9.68. The summed E-state index contributed by atoms with van der Waals surface area (Å²) in [6, 6.07) is 17.7. The normalized spacial score (nSPS) is 23.6. The topological polar surface area (TPSA) is 95.5 Å². The number of amides is 1. The highest BCUT2D eigenvalue weighted by molar-refractivity contribution is 6.15. The molecule has 2 aromatic rings. The number of para-hydroxylation sites is 1. The third-order valence-electron chi connectivity index (χ3n) is 7.11. The van der Waals surface area contributed by atoms with Gasteiger partial charge in [-0.2, -0.15) is 5.10 Å². The van der Waals surface area contributed by atoms with Crippen LogP contribution in [0.5, 0.6) is 11.5 Å². The predicted octanol–water partition coefficient (Wildman–Crippen LogP) is 3.42. The van der Waals surface area contributed by atoms with Crippen molar-refractivity contribution in [2.24, 2.45) is 21.7 Å². The van der Waals surface area contributed by atoms with Crippen LogP contribution in [-0.2, 0) is 4.79 Å². The highest BCUT2D eigenvalue weighted by Gasteiger charge is 2.41. The van der Waals surface area contributed by atoms with Crippen LogP contribution in [-0.4, -0.2) is 53.2 Å². The largest absolute Gasteiger partial charge is 0.457 e. The van der Waals surface area contributed by atoms with Crippen LogP contribution in [0.4, 0.5) is 0 Å². The molecular formula is C27H30N6O2. The average molecular weight is 471 g/mol. The molecule has 0 radical (unpaired) electrons. The fourth-order valence-corrected chi connectivity index (χ4v) is 5.06. The van der Waals surface area contributed by atoms with Gasteiger partial charge in [0.25, 0.3) is 0 Å². The molecule has 1 saturated carbocycles. The zero-order valence-electron chi connectivity index (χ0n) is 19.6. The fourth-order valence-electron chi connectivity index (χ4n) is 5.06. The van der Waals surface area contributed by atoms with Gasteiger partial charge in [-0.1, -0.05) is 18.2 Å². The molecule has 2 unspecified atom stereocenters. The number of carbonyl (C=O) groups is 1. The number of aliphatic imine (C=N–C) groups is 1. The smallest absolute Gasteiger partial charge is 0.222 e. The van der Waals surface area contributed by atoms with E-state index in [2.05, 4.69) is 15.3 Å². The van der Waals surface area contributed by atoms with Gasteiger partial charge in [0.05, 0.1) is 18.0 Å². The minimum absolute atomic E-state index is 0.122. The molecule has 2 aromatic carbocycles. The SMILES string of the molecule is NC1=C2C(c3ccc(Oc4ccccc4)cc3)=NN(C3CCCN(C(=O)CC4CC4)C3)C2NC=N1. The average Bonchev–Trinajstić information content (AvgIpc) is 3.62. The van der Waals surface area contributed by atoms with Gasteiger partial charge in [0.15, 0.2) is 0 Å². The first-order valence-electron chi connectivity index (χ1n) is 12.4. The van der Waals surface area contributed by atoms with Crippen molar-refractivity contribution in [3.63, 3.8) is 0 Å². The van der Waals surface area contributed by atoms with Crippen molar-refractivity contribution in [1.29, 1.82) is 0 Å². The van der Waals surface area contributed by atoms with E-state index in [0.717, 1.165) is 47.7 Å². The molecule has 3 heterocycles. The van der Waals surface area contributed by atoms with Gasteiger partial charge < -0.3 is 20.7 Å². The van der Waals surface area contributed by atoms with Crippen molar-refractivity contribution in [3.8, 4) is 11.5 Å². The number of piperidine rings is 1. The van der Waals surface area contributed by atoms with Gasteiger partial charge in [-0.25, -0.2) is 4.99 Å². The number of nitrogens with zero attached hydrogens (tertiary/aromatic N) is 4. The van der Waals surface area contributed by atoms with Gasteiger partial charge in [0.2, 0.25) is 5.91 Å². The first kappa shape index (κ1) is 21.7. The second-order valence-corrected chi connectivity index (χ2v) is 9.68. The summed E-state index contributed by atoms with van der Waals surface area (Å²) in [5.74, 6) is 2.89. The molecule has 8 heteroatoms. The third kappa shape index (κ3) is 4.48. The standard InChI is InChI=1S/C27H30N6O2/c28-26-24-25(19-10-12-22(13-11-19)35-21-6-2-1-3-7-21)31-33(27(24)30-17-29-26)20-5-4-14-32(16-20)23(34)15-18-8-9-18/h1-3,6-7,10-13,17-18,20,27H,4-5,8-9,14-16,28H2,(H,29,30). The first-order chi connectivity index (χ1) is 17.2. The Hall–Kier alpha value is -3.81. The quantitative estimate of drug-likeness (QED) is 0.675. The summed E-state index contributed by atoms with van der Waals surface area (Å²) in [6.45, 7) is 1.52. The maximum Gasteiger partial charge on any atom is 0.222 e. The van der Waals surface area contributed by atoms with Crippen LogP contribution in [0.3, 0.4) is 0 Å². The lowest BCUT2D eigenvalue weighted by molar-refractivity contribution is -0.133. The number of benzene rings is 2. The minimum atomic E-state index is -0.189. The Morgan fingerprint density at radius 1 is 1.06 bits per heavy atom. The summed E-state index contributed by atoms with van der Waals surface area (Å²) in [5, 5.41) is 10.5. The Labute approximate surface area is 205 Å². The molecular weight excluding hydrogens is 440 g/mol. The highest BCUT2D eigenvalue weighted by atomic mass is 16.5. The van der Waals surface area contributed by atoms with Crippen molar-refractivity contribution < 1.29 is 9.53 Å². The van der Waals surface area contributed by atoms with Crippen molar-refractivity contribution in [3.05, 3.63) is 71.6 Å². The number of fused-ring (bicyclic) bond motifs is 1. The molecule has 3 N–H and O–H groups in total. The predicted molar refractivity (Wildman–Crippen MR) is 135 cm³/mol. The summed E-state index contributed by atoms with van der Waals surface area (Å²) in [5.41, 5.74) is 8.99. The van der Waals surface area contributed by atoms with E-state index in [0.29, 0.717) is 24.7 Å². The lowest BCUT2D eigenvalue weighted by Gasteiger charge is -2.39. The number of hydrogen-bond donors (Lipinski definition) is 2. The van der Waals surface area contributed by atoms with Crippen molar-refractivity contribution in [2.45, 2.75) is 44.3 Å². The van der Waals surface area contributed by atoms with E-state index < -0.39 is 0 Å². The van der Waals surface area contributed by atoms with Crippen molar-refractivity contribution >= 4 is 18.0 Å². The molecule has 1 amide bonds. The Bertz CT molecular complexity index is 1190. The summed E-state index contributed by atoms with van der Waals surface area (Å²) >= 11 is 0. The van der Waals surface area contributed by atoms with E-state index in [9.17, 15) is 4.79 Å². The van der Waals surface area contributed by atoms with E-state index in [1.807, 2.05) is 59.5 Å². The molecule has 0 aromatic heterocycles. The molecule has 1 aliphatic carbocycles. The fraction of sp³-hybridized carbons (Fsp3) is 0.370. The molecule has 0 bridgehead atoms. The van der Waals surface area contributed by atoms with Crippen molar-refractivity contribution in [2.75, 3.05) is 13.1 Å². The Kier molecular flexibility index (Phi) is 5.64. The van der Waals surface area contributed by atoms with Crippen LogP contribution in [0.1, 0.15) is 37.7 Å². The number of ether oxygens (including phenoxy) is 1. The number of hydrogen-bond acceptors (Lipinski definition) is 7. The molecule has 8 nitrogen and oxygen atoms in total. The van der Waals surface area contributed by atoms with Gasteiger partial charge in [-0.3, -0.25) is 9.80 Å². The maximum absolute atomic E-state index is 12.8. The van der Waals surface area contributed by atoms with E-state index in [-0.39, 0.29) is 18.1 Å². The van der Waals surface area contributed by atoms with E-state index >= 15 is 0 Å². The summed E-state index contributed by atoms with van der Waals surface area (Å²) in [6.07, 6.45) is 6.48. The Balaban J connectivity index is 1.24. The number of rotatable bonds is 6. The summed E-state index contributed by atoms with van der Waals surface area (Å²) in [7, 11) is 0. The molecule has 2 atom stereocenters. The van der Waals surface area contributed by atoms with E-state index in [1.54, 1.807) is 6.34 Å². The number of nitrogens with two attached hydrogens (primary N) is 1. The van der Waals surface area contributed by atoms with Crippen LogP contribution in [0, 0.1) is 5.92 Å². The second kappa shape index (κ2) is 9.09. The van der Waals surface area contributed by atoms with Crippen LogP contribution in [0.2, 0.25) is 0 Å². The first-order valence-corrected chi connectivity index (χ1v) is 12.4. The van der Waals surface area contributed by atoms with Gasteiger partial charge >= 0.3 is 0 Å². The van der Waals surface area contributed by atoms with Gasteiger partial charge in [-0.15, -0.1) is 0 Å². The lowest BCUT2D eigenvalue weighted by atomic mass is 9.99. The number of carbonyl (C=O) groups excluding carboxylic acids is 1. The molecule has 35 heavy (non-hydrogen) atoms. The molecule has 4 aliphatic rings. The highest BCUT2D eigenvalue weighted by Crippen LogP contribution is 2.35. The van der Waals surface area contributed by atoms with Crippen molar-refractivity contribution in [1.82, 2.24) is 15.2 Å². The molecule has 180 valence electrons. The number of nitrogens with one attached hydrogen (secondary N) is 1. The Morgan fingerprint density at radius 2 is 1.83 bits per heavy atom. The summed E-state index contributed by atoms with van der Waals surface area (Å²) < 4.78 is 5.95. The maximum atomic E-state index is 12.8. The van der Waals surface area contributed by atoms with Crippen LogP contribution in [0.15, 0.2) is 76.1 Å². The number of likely N-dealkylation sites (tertiary alicyclic amines) is 1. The Morgan fingerprint density at radius 3 is 2.60 bits per heavy atom. The number of hydrazone groups is 1. The lowest BCUT2D eigenvalue weighted by Crippen LogP contribution is -2.54. The van der Waals surface area contributed by atoms with E-state index in [1.165, 1.54) is 12.8 Å². The monoisotopic (exact) mass is 470 g/mol. The van der Waals surface area contributed by atoms with E-state index in [4.69, 9.17) is 15.6 Å². The zero-order valence-corrected chi connectivity index (χ0v) is 19.6. The summed E-state index contributed by atoms with van der Waals surface area (Å²) in [4.78, 5) is 19.1.